The highest BCUT2D eigenvalue weighted by molar-refractivity contribution is 7.98. The summed E-state index contributed by atoms with van der Waals surface area (Å²) in [5.74, 6) is 0.453. The highest BCUT2D eigenvalue weighted by Crippen LogP contribution is 2.38. The van der Waals surface area contributed by atoms with Gasteiger partial charge in [0.2, 0.25) is 0 Å². The molecule has 0 unspecified atom stereocenters. The molecule has 0 bridgehead atoms. The van der Waals surface area contributed by atoms with Gasteiger partial charge in [0, 0.05) is 70.6 Å². The van der Waals surface area contributed by atoms with E-state index in [1.54, 1.807) is 57.0 Å². The van der Waals surface area contributed by atoms with Gasteiger partial charge in [-0.2, -0.15) is 0 Å². The third-order valence-corrected chi connectivity index (χ3v) is 6.53. The van der Waals surface area contributed by atoms with E-state index in [4.69, 9.17) is 9.47 Å². The molecule has 2 aromatic carbocycles. The number of hydrogen-bond donors (Lipinski definition) is 0. The number of carbonyl (C=O) groups is 1. The second-order valence-corrected chi connectivity index (χ2v) is 8.73. The first kappa shape index (κ1) is 22.6. The molecule has 30 heavy (non-hydrogen) atoms. The molecule has 0 saturated carbocycles. The van der Waals surface area contributed by atoms with Gasteiger partial charge in [-0.1, -0.05) is 12.1 Å². The van der Waals surface area contributed by atoms with Crippen LogP contribution in [0.3, 0.4) is 0 Å². The van der Waals surface area contributed by atoms with Gasteiger partial charge in [-0.15, -0.1) is 11.8 Å². The number of ether oxygens (including phenoxy) is 2. The van der Waals surface area contributed by atoms with Crippen LogP contribution in [0.15, 0.2) is 47.4 Å². The summed E-state index contributed by atoms with van der Waals surface area (Å²) in [7, 11) is 6.89. The monoisotopic (exact) mass is 432 g/mol. The van der Waals surface area contributed by atoms with Crippen LogP contribution in [0.4, 0.5) is 14.9 Å². The lowest BCUT2D eigenvalue weighted by atomic mass is 9.86. The van der Waals surface area contributed by atoms with Crippen molar-refractivity contribution in [2.45, 2.75) is 29.1 Å². The van der Waals surface area contributed by atoms with Gasteiger partial charge in [0.25, 0.3) is 0 Å². The van der Waals surface area contributed by atoms with E-state index in [1.165, 1.54) is 4.90 Å². The summed E-state index contributed by atoms with van der Waals surface area (Å²) in [5, 5.41) is 0. The Morgan fingerprint density at radius 1 is 1.13 bits per heavy atom. The van der Waals surface area contributed by atoms with Crippen molar-refractivity contribution in [1.29, 1.82) is 0 Å². The second kappa shape index (κ2) is 9.81. The van der Waals surface area contributed by atoms with Crippen molar-refractivity contribution in [2.24, 2.45) is 0 Å². The minimum atomic E-state index is -0.485. The number of hydrogen-bond acceptors (Lipinski definition) is 4. The van der Waals surface area contributed by atoms with E-state index in [9.17, 15) is 9.18 Å². The van der Waals surface area contributed by atoms with Crippen LogP contribution in [-0.4, -0.2) is 52.4 Å². The maximum atomic E-state index is 14.4. The fourth-order valence-electron chi connectivity index (χ4n) is 3.61. The third-order valence-electron chi connectivity index (χ3n) is 5.49. The molecule has 0 radical (unpaired) electrons. The molecule has 0 aromatic heterocycles. The van der Waals surface area contributed by atoms with Crippen LogP contribution in [0.2, 0.25) is 0 Å². The van der Waals surface area contributed by atoms with Gasteiger partial charge in [0.1, 0.15) is 5.82 Å². The smallest absolute Gasteiger partial charge is 0.323 e. The molecule has 0 atom stereocenters. The Morgan fingerprint density at radius 2 is 1.80 bits per heavy atom. The van der Waals surface area contributed by atoms with E-state index in [-0.39, 0.29) is 11.8 Å². The highest BCUT2D eigenvalue weighted by Gasteiger charge is 2.35. The van der Waals surface area contributed by atoms with Crippen molar-refractivity contribution in [3.8, 4) is 0 Å². The zero-order chi connectivity index (χ0) is 21.7. The number of rotatable bonds is 6. The Morgan fingerprint density at radius 3 is 2.40 bits per heavy atom. The van der Waals surface area contributed by atoms with Crippen molar-refractivity contribution >= 4 is 23.5 Å². The van der Waals surface area contributed by atoms with Crippen molar-refractivity contribution in [3.63, 3.8) is 0 Å². The topological polar surface area (TPSA) is 42.0 Å². The standard InChI is InChI=1S/C23H29FN2O3S/c1-25(2)22(27)26(3)20-7-5-17(6-8-20)16-30-21-14-18(13-19(24)15-21)23(28-4)9-11-29-12-10-23/h5-8,13-15H,9-12,16H2,1-4H3. The zero-order valence-corrected chi connectivity index (χ0v) is 18.8. The van der Waals surface area contributed by atoms with Gasteiger partial charge in [-0.3, -0.25) is 4.90 Å². The van der Waals surface area contributed by atoms with Crippen LogP contribution in [0.25, 0.3) is 0 Å². The van der Waals surface area contributed by atoms with Crippen molar-refractivity contribution < 1.29 is 18.7 Å². The van der Waals surface area contributed by atoms with E-state index in [0.29, 0.717) is 19.0 Å². The zero-order valence-electron chi connectivity index (χ0n) is 18.0. The van der Waals surface area contributed by atoms with Crippen molar-refractivity contribution in [3.05, 3.63) is 59.4 Å². The molecule has 2 amide bonds. The average molecular weight is 433 g/mol. The lowest BCUT2D eigenvalue weighted by molar-refractivity contribution is -0.0950. The highest BCUT2D eigenvalue weighted by atomic mass is 32.2. The summed E-state index contributed by atoms with van der Waals surface area (Å²) < 4.78 is 25.6. The van der Waals surface area contributed by atoms with Crippen LogP contribution < -0.4 is 4.90 Å². The Kier molecular flexibility index (Phi) is 7.39. The maximum Gasteiger partial charge on any atom is 0.323 e. The lowest BCUT2D eigenvalue weighted by Gasteiger charge is -2.36. The molecule has 3 rings (SSSR count). The number of anilines is 1. The summed E-state index contributed by atoms with van der Waals surface area (Å²) in [5.41, 5.74) is 2.32. The van der Waals surface area contributed by atoms with E-state index >= 15 is 0 Å². The molecular formula is C23H29FN2O3S. The maximum absolute atomic E-state index is 14.4. The molecule has 2 aromatic rings. The molecule has 1 aliphatic heterocycles. The van der Waals surface area contributed by atoms with Gasteiger partial charge < -0.3 is 14.4 Å². The van der Waals surface area contributed by atoms with Gasteiger partial charge in [-0.05, 0) is 41.5 Å². The van der Waals surface area contributed by atoms with Crippen LogP contribution >= 0.6 is 11.8 Å². The van der Waals surface area contributed by atoms with Crippen LogP contribution in [0, 0.1) is 5.82 Å². The number of carbonyl (C=O) groups excluding carboxylic acids is 1. The Labute approximate surface area is 182 Å². The van der Waals surface area contributed by atoms with Gasteiger partial charge >= 0.3 is 6.03 Å². The number of urea groups is 1. The van der Waals surface area contributed by atoms with Crippen LogP contribution in [0.5, 0.6) is 0 Å². The molecule has 162 valence electrons. The van der Waals surface area contributed by atoms with Crippen molar-refractivity contribution in [2.75, 3.05) is 46.4 Å². The Hall–Kier alpha value is -2.09. The summed E-state index contributed by atoms with van der Waals surface area (Å²) in [6.45, 7) is 1.23. The van der Waals surface area contributed by atoms with E-state index in [0.717, 1.165) is 34.6 Å². The molecule has 0 N–H and O–H groups in total. The quantitative estimate of drug-likeness (QED) is 0.610. The lowest BCUT2D eigenvalue weighted by Crippen LogP contribution is -2.36. The number of thioether (sulfide) groups is 1. The first-order valence-corrected chi connectivity index (χ1v) is 10.9. The molecule has 7 heteroatoms. The van der Waals surface area contributed by atoms with Gasteiger partial charge in [0.15, 0.2) is 0 Å². The molecule has 1 heterocycles. The molecular weight excluding hydrogens is 403 g/mol. The van der Waals surface area contributed by atoms with Crippen LogP contribution in [0.1, 0.15) is 24.0 Å². The number of nitrogens with zero attached hydrogens (tertiary/aromatic N) is 2. The molecule has 1 saturated heterocycles. The van der Waals surface area contributed by atoms with Gasteiger partial charge in [0.05, 0.1) is 5.60 Å². The molecule has 5 nitrogen and oxygen atoms in total. The first-order valence-electron chi connectivity index (χ1n) is 9.95. The predicted octanol–water partition coefficient (Wildman–Crippen LogP) is 4.89. The SMILES string of the molecule is COC1(c2cc(F)cc(SCc3ccc(N(C)C(=O)N(C)C)cc3)c2)CCOCC1. The molecule has 0 spiro atoms. The largest absolute Gasteiger partial charge is 0.381 e. The fourth-order valence-corrected chi connectivity index (χ4v) is 4.55. The van der Waals surface area contributed by atoms with Gasteiger partial charge in [-0.25, -0.2) is 9.18 Å². The number of methoxy groups -OCH3 is 1. The van der Waals surface area contributed by atoms with E-state index in [2.05, 4.69) is 0 Å². The summed E-state index contributed by atoms with van der Waals surface area (Å²) in [6, 6.07) is 12.9. The minimum Gasteiger partial charge on any atom is -0.381 e. The summed E-state index contributed by atoms with van der Waals surface area (Å²) >= 11 is 1.58. The Bertz CT molecular complexity index is 867. The molecule has 1 aliphatic rings. The number of halogens is 1. The Balaban J connectivity index is 1.70. The number of benzene rings is 2. The van der Waals surface area contributed by atoms with Crippen LogP contribution in [-0.2, 0) is 20.8 Å². The number of amides is 2. The van der Waals surface area contributed by atoms with E-state index < -0.39 is 5.60 Å². The molecule has 1 fully saturated rings. The summed E-state index contributed by atoms with van der Waals surface area (Å²) in [4.78, 5) is 16.1. The summed E-state index contributed by atoms with van der Waals surface area (Å²) in [6.07, 6.45) is 1.44. The predicted molar refractivity (Wildman–Crippen MR) is 119 cm³/mol. The normalized spacial score (nSPS) is 15.6. The van der Waals surface area contributed by atoms with E-state index in [1.807, 2.05) is 30.3 Å². The minimum absolute atomic E-state index is 0.0791. The van der Waals surface area contributed by atoms with Crippen molar-refractivity contribution in [1.82, 2.24) is 4.90 Å². The second-order valence-electron chi connectivity index (χ2n) is 7.68. The third kappa shape index (κ3) is 5.14. The fraction of sp³-hybridized carbons (Fsp3) is 0.435. The molecule has 0 aliphatic carbocycles. The average Bonchev–Trinajstić information content (AvgIpc) is 2.77. The first-order chi connectivity index (χ1) is 14.3.